The van der Waals surface area contributed by atoms with Crippen LogP contribution in [0.4, 0.5) is 5.69 Å². The van der Waals surface area contributed by atoms with Gasteiger partial charge in [0.15, 0.2) is 5.78 Å². The van der Waals surface area contributed by atoms with Gasteiger partial charge in [0.2, 0.25) is 5.91 Å². The normalized spacial score (nSPS) is 19.0. The molecule has 5 nitrogen and oxygen atoms in total. The second kappa shape index (κ2) is 5.85. The lowest BCUT2D eigenvalue weighted by molar-refractivity contribution is -0.117. The first-order chi connectivity index (χ1) is 9.81. The van der Waals surface area contributed by atoms with Crippen molar-refractivity contribution < 1.29 is 14.3 Å². The van der Waals surface area contributed by atoms with Gasteiger partial charge in [0, 0.05) is 12.5 Å². The number of anilines is 1. The molecule has 114 valence electrons. The molecule has 1 heterocycles. The predicted octanol–water partition coefficient (Wildman–Crippen LogP) is 1.99. The number of rotatable bonds is 3. The number of amides is 1. The first-order valence-electron chi connectivity index (χ1n) is 7.20. The molecule has 2 unspecified atom stereocenters. The zero-order valence-corrected chi connectivity index (χ0v) is 12.9. The van der Waals surface area contributed by atoms with Crippen molar-refractivity contribution in [1.29, 1.82) is 0 Å². The third-order valence-corrected chi connectivity index (χ3v) is 3.71. The third kappa shape index (κ3) is 3.08. The van der Waals surface area contributed by atoms with E-state index < -0.39 is 6.04 Å². The number of ether oxygens (including phenoxy) is 1. The lowest BCUT2D eigenvalue weighted by Gasteiger charge is -2.36. The fourth-order valence-corrected chi connectivity index (χ4v) is 2.37. The minimum Gasteiger partial charge on any atom is -0.486 e. The number of carbonyl (C=O) groups excluding carboxylic acids is 2. The number of hydrogen-bond acceptors (Lipinski definition) is 4. The van der Waals surface area contributed by atoms with E-state index in [2.05, 4.69) is 13.8 Å². The van der Waals surface area contributed by atoms with Crippen LogP contribution in [0, 0.1) is 5.92 Å². The number of nitrogens with two attached hydrogens (primary N) is 1. The Bertz CT molecular complexity index is 567. The summed E-state index contributed by atoms with van der Waals surface area (Å²) in [4.78, 5) is 25.6. The van der Waals surface area contributed by atoms with Crippen molar-refractivity contribution in [3.05, 3.63) is 23.8 Å². The maximum Gasteiger partial charge on any atom is 0.224 e. The highest BCUT2D eigenvalue weighted by molar-refractivity contribution is 6.02. The average Bonchev–Trinajstić information content (AvgIpc) is 2.44. The van der Waals surface area contributed by atoms with Gasteiger partial charge in [-0.25, -0.2) is 0 Å². The Hall–Kier alpha value is -1.88. The number of Topliss-reactive ketones (excluding diaryl/α,β-unsaturated/α-hetero) is 1. The van der Waals surface area contributed by atoms with E-state index in [1.54, 1.807) is 30.0 Å². The number of nitrogens with zero attached hydrogens (tertiary/aromatic N) is 1. The summed E-state index contributed by atoms with van der Waals surface area (Å²) in [5, 5.41) is 0. The lowest BCUT2D eigenvalue weighted by atomic mass is 10.0. The highest BCUT2D eigenvalue weighted by Crippen LogP contribution is 2.36. The molecule has 1 aliphatic rings. The van der Waals surface area contributed by atoms with Crippen LogP contribution in [0.15, 0.2) is 18.2 Å². The number of hydrogen-bond donors (Lipinski definition) is 1. The van der Waals surface area contributed by atoms with Crippen molar-refractivity contribution >= 4 is 17.4 Å². The fourth-order valence-electron chi connectivity index (χ4n) is 2.37. The quantitative estimate of drug-likeness (QED) is 0.864. The SMILES string of the molecule is CC(=O)N1CC(C(C)C)Oc2ccc(C(=O)C(C)N)cc21. The van der Waals surface area contributed by atoms with Gasteiger partial charge in [0.05, 0.1) is 18.3 Å². The summed E-state index contributed by atoms with van der Waals surface area (Å²) in [6, 6.07) is 4.57. The van der Waals surface area contributed by atoms with Crippen molar-refractivity contribution in [2.24, 2.45) is 11.7 Å². The molecule has 0 fully saturated rings. The van der Waals surface area contributed by atoms with Crippen LogP contribution in [-0.2, 0) is 4.79 Å². The molecule has 0 bridgehead atoms. The lowest BCUT2D eigenvalue weighted by Crippen LogP contribution is -2.45. The molecule has 5 heteroatoms. The molecule has 1 aromatic carbocycles. The van der Waals surface area contributed by atoms with Crippen LogP contribution in [0.2, 0.25) is 0 Å². The number of ketones is 1. The Morgan fingerprint density at radius 2 is 2.00 bits per heavy atom. The van der Waals surface area contributed by atoms with Gasteiger partial charge < -0.3 is 15.4 Å². The van der Waals surface area contributed by atoms with Crippen LogP contribution in [0.25, 0.3) is 0 Å². The highest BCUT2D eigenvalue weighted by atomic mass is 16.5. The molecule has 0 saturated heterocycles. The van der Waals surface area contributed by atoms with Gasteiger partial charge in [0.25, 0.3) is 0 Å². The van der Waals surface area contributed by atoms with Crippen molar-refractivity contribution in [2.75, 3.05) is 11.4 Å². The minimum absolute atomic E-state index is 0.0450. The first kappa shape index (κ1) is 15.5. The van der Waals surface area contributed by atoms with Crippen LogP contribution in [0.3, 0.4) is 0 Å². The topological polar surface area (TPSA) is 72.6 Å². The van der Waals surface area contributed by atoms with Gasteiger partial charge in [-0.3, -0.25) is 9.59 Å². The minimum atomic E-state index is -0.568. The smallest absolute Gasteiger partial charge is 0.224 e. The van der Waals surface area contributed by atoms with E-state index in [9.17, 15) is 9.59 Å². The molecule has 0 aliphatic carbocycles. The Kier molecular flexibility index (Phi) is 4.32. The largest absolute Gasteiger partial charge is 0.486 e. The molecule has 0 saturated carbocycles. The molecule has 1 aromatic rings. The standard InChI is InChI=1S/C16H22N2O3/c1-9(2)15-8-18(11(4)19)13-7-12(16(20)10(3)17)5-6-14(13)21-15/h5-7,9-10,15H,8,17H2,1-4H3. The highest BCUT2D eigenvalue weighted by Gasteiger charge is 2.30. The molecular weight excluding hydrogens is 268 g/mol. The summed E-state index contributed by atoms with van der Waals surface area (Å²) >= 11 is 0. The molecule has 1 aliphatic heterocycles. The Labute approximate surface area is 125 Å². The van der Waals surface area contributed by atoms with Crippen molar-refractivity contribution in [3.8, 4) is 5.75 Å². The van der Waals surface area contributed by atoms with Crippen LogP contribution in [0.5, 0.6) is 5.75 Å². The number of benzene rings is 1. The molecule has 21 heavy (non-hydrogen) atoms. The van der Waals surface area contributed by atoms with Crippen molar-refractivity contribution in [2.45, 2.75) is 39.8 Å². The maximum atomic E-state index is 12.0. The van der Waals surface area contributed by atoms with Gasteiger partial charge in [-0.15, -0.1) is 0 Å². The average molecular weight is 290 g/mol. The molecule has 0 aromatic heterocycles. The molecule has 0 radical (unpaired) electrons. The van der Waals surface area contributed by atoms with Crippen LogP contribution >= 0.6 is 0 Å². The molecule has 0 spiro atoms. The molecule has 2 rings (SSSR count). The summed E-state index contributed by atoms with van der Waals surface area (Å²) in [6.07, 6.45) is -0.0450. The van der Waals surface area contributed by atoms with Crippen LogP contribution < -0.4 is 15.4 Å². The summed E-state index contributed by atoms with van der Waals surface area (Å²) in [6.45, 7) is 7.78. The van der Waals surface area contributed by atoms with Gasteiger partial charge in [-0.2, -0.15) is 0 Å². The first-order valence-corrected chi connectivity index (χ1v) is 7.20. The summed E-state index contributed by atoms with van der Waals surface area (Å²) in [5.41, 5.74) is 6.78. The van der Waals surface area contributed by atoms with Gasteiger partial charge >= 0.3 is 0 Å². The predicted molar refractivity (Wildman–Crippen MR) is 81.7 cm³/mol. The van der Waals surface area contributed by atoms with Crippen molar-refractivity contribution in [3.63, 3.8) is 0 Å². The second-order valence-corrected chi connectivity index (χ2v) is 5.87. The van der Waals surface area contributed by atoms with Gasteiger partial charge in [0.1, 0.15) is 11.9 Å². The monoisotopic (exact) mass is 290 g/mol. The molecule has 2 atom stereocenters. The van der Waals surface area contributed by atoms with E-state index in [4.69, 9.17) is 10.5 Å². The molecule has 2 N–H and O–H groups in total. The second-order valence-electron chi connectivity index (χ2n) is 5.87. The number of carbonyl (C=O) groups is 2. The van der Waals surface area contributed by atoms with Gasteiger partial charge in [-0.05, 0) is 31.0 Å². The van der Waals surface area contributed by atoms with E-state index in [1.807, 2.05) is 0 Å². The Morgan fingerprint density at radius 1 is 1.33 bits per heavy atom. The van der Waals surface area contributed by atoms with E-state index >= 15 is 0 Å². The van der Waals surface area contributed by atoms with E-state index in [1.165, 1.54) is 6.92 Å². The van der Waals surface area contributed by atoms with E-state index in [-0.39, 0.29) is 17.8 Å². The van der Waals surface area contributed by atoms with Crippen molar-refractivity contribution in [1.82, 2.24) is 0 Å². The van der Waals surface area contributed by atoms with Crippen LogP contribution in [-0.4, -0.2) is 30.4 Å². The number of fused-ring (bicyclic) bond motifs is 1. The zero-order valence-electron chi connectivity index (χ0n) is 12.9. The third-order valence-electron chi connectivity index (χ3n) is 3.71. The summed E-state index contributed by atoms with van der Waals surface area (Å²) in [7, 11) is 0. The Morgan fingerprint density at radius 3 is 2.52 bits per heavy atom. The fraction of sp³-hybridized carbons (Fsp3) is 0.500. The summed E-state index contributed by atoms with van der Waals surface area (Å²) in [5.74, 6) is 0.727. The Balaban J connectivity index is 2.43. The molecule has 1 amide bonds. The van der Waals surface area contributed by atoms with E-state index in [0.717, 1.165) is 0 Å². The maximum absolute atomic E-state index is 12.0. The molecular formula is C16H22N2O3. The van der Waals surface area contributed by atoms with Crippen LogP contribution in [0.1, 0.15) is 38.1 Å². The summed E-state index contributed by atoms with van der Waals surface area (Å²) < 4.78 is 5.93. The van der Waals surface area contributed by atoms with E-state index in [0.29, 0.717) is 29.5 Å². The van der Waals surface area contributed by atoms with Gasteiger partial charge in [-0.1, -0.05) is 13.8 Å². The zero-order chi connectivity index (χ0) is 15.7.